The van der Waals surface area contributed by atoms with Crippen LogP contribution < -0.4 is 5.73 Å². The molecule has 0 fully saturated rings. The Labute approximate surface area is 61.2 Å². The van der Waals surface area contributed by atoms with Crippen molar-refractivity contribution in [2.24, 2.45) is 11.1 Å². The summed E-state index contributed by atoms with van der Waals surface area (Å²) in [5, 5.41) is 8.80. The van der Waals surface area contributed by atoms with E-state index in [-0.39, 0.29) is 13.2 Å². The Balaban J connectivity index is 4.33. The maximum Gasteiger partial charge on any atom is 0.114 e. The minimum absolute atomic E-state index is 0.160. The third-order valence-electron chi connectivity index (χ3n) is 2.23. The van der Waals surface area contributed by atoms with Crippen molar-refractivity contribution >= 4 is 0 Å². The molecule has 0 radical (unpaired) electrons. The van der Waals surface area contributed by atoms with Crippen LogP contribution in [0.5, 0.6) is 0 Å². The highest BCUT2D eigenvalue weighted by atomic mass is 19.1. The molecule has 0 saturated heterocycles. The zero-order chi connectivity index (χ0) is 8.41. The van der Waals surface area contributed by atoms with E-state index in [4.69, 9.17) is 10.8 Å². The summed E-state index contributed by atoms with van der Waals surface area (Å²) in [5.41, 5.74) is 3.07. The van der Waals surface area contributed by atoms with Gasteiger partial charge in [-0.25, -0.2) is 4.39 Å². The third-order valence-corrected chi connectivity index (χ3v) is 2.23. The summed E-state index contributed by atoms with van der Waals surface area (Å²) in [5.74, 6) is 0. The van der Waals surface area contributed by atoms with Crippen molar-refractivity contribution in [2.45, 2.75) is 26.4 Å². The van der Waals surface area contributed by atoms with Crippen LogP contribution >= 0.6 is 0 Å². The molecule has 0 aliphatic rings. The first-order valence-corrected chi connectivity index (χ1v) is 3.37. The normalized spacial score (nSPS) is 18.6. The zero-order valence-electron chi connectivity index (χ0n) is 6.82. The number of alkyl halides is 1. The van der Waals surface area contributed by atoms with Crippen LogP contribution in [0.1, 0.15) is 20.8 Å². The predicted octanol–water partition coefficient (Wildman–Crippen LogP) is 0.692. The van der Waals surface area contributed by atoms with Crippen LogP contribution in [0.25, 0.3) is 0 Å². The van der Waals surface area contributed by atoms with Crippen LogP contribution in [0.2, 0.25) is 0 Å². The molecule has 0 bridgehead atoms. The number of hydrogen-bond donors (Lipinski definition) is 2. The summed E-state index contributed by atoms with van der Waals surface area (Å²) in [6.45, 7) is 4.43. The summed E-state index contributed by atoms with van der Waals surface area (Å²) < 4.78 is 13.2. The molecule has 0 aliphatic carbocycles. The molecular weight excluding hydrogens is 133 g/mol. The van der Waals surface area contributed by atoms with Gasteiger partial charge in [0.2, 0.25) is 0 Å². The Hall–Kier alpha value is -0.150. The topological polar surface area (TPSA) is 46.2 Å². The molecule has 10 heavy (non-hydrogen) atoms. The summed E-state index contributed by atoms with van der Waals surface area (Å²) in [7, 11) is 0. The van der Waals surface area contributed by atoms with Gasteiger partial charge in [0.1, 0.15) is 5.67 Å². The Bertz CT molecular complexity index is 105. The van der Waals surface area contributed by atoms with Crippen LogP contribution in [0.3, 0.4) is 0 Å². The summed E-state index contributed by atoms with van der Waals surface area (Å²) in [4.78, 5) is 0. The van der Waals surface area contributed by atoms with E-state index in [2.05, 4.69) is 0 Å². The molecule has 0 aromatic heterocycles. The van der Waals surface area contributed by atoms with Crippen molar-refractivity contribution < 1.29 is 9.50 Å². The molecular formula is C7H16FNO. The highest BCUT2D eigenvalue weighted by Crippen LogP contribution is 2.32. The van der Waals surface area contributed by atoms with Gasteiger partial charge in [-0.15, -0.1) is 0 Å². The fourth-order valence-electron chi connectivity index (χ4n) is 0.495. The second-order valence-electron chi connectivity index (χ2n) is 3.40. The average Bonchev–Trinajstić information content (AvgIpc) is 1.84. The highest BCUT2D eigenvalue weighted by molar-refractivity contribution is 4.90. The second kappa shape index (κ2) is 2.84. The third kappa shape index (κ3) is 1.67. The molecule has 0 saturated carbocycles. The Morgan fingerprint density at radius 2 is 1.80 bits per heavy atom. The fraction of sp³-hybridized carbons (Fsp3) is 1.00. The molecule has 0 spiro atoms. The van der Waals surface area contributed by atoms with E-state index in [0.717, 1.165) is 0 Å². The van der Waals surface area contributed by atoms with Crippen molar-refractivity contribution in [3.8, 4) is 0 Å². The quantitative estimate of drug-likeness (QED) is 0.620. The lowest BCUT2D eigenvalue weighted by Gasteiger charge is -2.35. The minimum atomic E-state index is -1.42. The standard InChI is InChI=1S/C7H16FNO/c1-6(2,8)7(3,4-9)5-10/h10H,4-5,9H2,1-3H3. The largest absolute Gasteiger partial charge is 0.396 e. The van der Waals surface area contributed by atoms with Crippen molar-refractivity contribution in [3.05, 3.63) is 0 Å². The van der Waals surface area contributed by atoms with Crippen molar-refractivity contribution in [1.82, 2.24) is 0 Å². The Morgan fingerprint density at radius 3 is 1.80 bits per heavy atom. The summed E-state index contributed by atoms with van der Waals surface area (Å²) in [6.07, 6.45) is 0. The van der Waals surface area contributed by atoms with Crippen molar-refractivity contribution in [3.63, 3.8) is 0 Å². The molecule has 62 valence electrons. The summed E-state index contributed by atoms with van der Waals surface area (Å²) in [6, 6.07) is 0. The summed E-state index contributed by atoms with van der Waals surface area (Å²) >= 11 is 0. The van der Waals surface area contributed by atoms with Crippen LogP contribution in [0.4, 0.5) is 4.39 Å². The van der Waals surface area contributed by atoms with E-state index >= 15 is 0 Å². The molecule has 2 nitrogen and oxygen atoms in total. The van der Waals surface area contributed by atoms with Crippen molar-refractivity contribution in [2.75, 3.05) is 13.2 Å². The number of aliphatic hydroxyl groups is 1. The average molecular weight is 149 g/mol. The van der Waals surface area contributed by atoms with Gasteiger partial charge in [-0.05, 0) is 13.8 Å². The molecule has 0 heterocycles. The zero-order valence-corrected chi connectivity index (χ0v) is 6.82. The van der Waals surface area contributed by atoms with E-state index < -0.39 is 11.1 Å². The molecule has 0 amide bonds. The molecule has 1 atom stereocenters. The van der Waals surface area contributed by atoms with E-state index in [9.17, 15) is 4.39 Å². The number of aliphatic hydroxyl groups excluding tert-OH is 1. The predicted molar refractivity (Wildman–Crippen MR) is 39.4 cm³/mol. The first-order valence-electron chi connectivity index (χ1n) is 3.37. The van der Waals surface area contributed by atoms with E-state index in [1.54, 1.807) is 6.92 Å². The van der Waals surface area contributed by atoms with Crippen LogP contribution in [-0.4, -0.2) is 23.9 Å². The van der Waals surface area contributed by atoms with Gasteiger partial charge in [-0.3, -0.25) is 0 Å². The first kappa shape index (κ1) is 9.85. The lowest BCUT2D eigenvalue weighted by Crippen LogP contribution is -2.46. The van der Waals surface area contributed by atoms with Gasteiger partial charge in [-0.2, -0.15) is 0 Å². The number of rotatable bonds is 3. The van der Waals surface area contributed by atoms with Gasteiger partial charge in [0.25, 0.3) is 0 Å². The highest BCUT2D eigenvalue weighted by Gasteiger charge is 2.39. The number of hydrogen-bond acceptors (Lipinski definition) is 2. The van der Waals surface area contributed by atoms with Gasteiger partial charge in [0.15, 0.2) is 0 Å². The van der Waals surface area contributed by atoms with Gasteiger partial charge in [0, 0.05) is 12.0 Å². The van der Waals surface area contributed by atoms with E-state index in [1.165, 1.54) is 13.8 Å². The SMILES string of the molecule is CC(C)(F)C(C)(CN)CO. The van der Waals surface area contributed by atoms with Gasteiger partial charge in [-0.1, -0.05) is 6.92 Å². The Kier molecular flexibility index (Phi) is 2.80. The first-order chi connectivity index (χ1) is 4.37. The minimum Gasteiger partial charge on any atom is -0.396 e. The maximum absolute atomic E-state index is 13.2. The molecule has 0 rings (SSSR count). The monoisotopic (exact) mass is 149 g/mol. The van der Waals surface area contributed by atoms with E-state index in [1.807, 2.05) is 0 Å². The number of halogens is 1. The molecule has 1 unspecified atom stereocenters. The fourth-order valence-corrected chi connectivity index (χ4v) is 0.495. The smallest absolute Gasteiger partial charge is 0.114 e. The molecule has 3 heteroatoms. The van der Waals surface area contributed by atoms with Crippen LogP contribution in [0, 0.1) is 5.41 Å². The van der Waals surface area contributed by atoms with Gasteiger partial charge in [0.05, 0.1) is 6.61 Å². The molecule has 0 aliphatic heterocycles. The molecule has 0 aromatic rings. The second-order valence-corrected chi connectivity index (χ2v) is 3.40. The maximum atomic E-state index is 13.2. The van der Waals surface area contributed by atoms with Crippen LogP contribution in [-0.2, 0) is 0 Å². The number of nitrogens with two attached hydrogens (primary N) is 1. The Morgan fingerprint density at radius 1 is 1.40 bits per heavy atom. The van der Waals surface area contributed by atoms with E-state index in [0.29, 0.717) is 0 Å². The molecule has 3 N–H and O–H groups in total. The lowest BCUT2D eigenvalue weighted by atomic mass is 9.77. The lowest BCUT2D eigenvalue weighted by molar-refractivity contribution is -0.00322. The van der Waals surface area contributed by atoms with Crippen LogP contribution in [0.15, 0.2) is 0 Å². The van der Waals surface area contributed by atoms with Gasteiger partial charge < -0.3 is 10.8 Å². The van der Waals surface area contributed by atoms with Gasteiger partial charge >= 0.3 is 0 Å². The molecule has 0 aromatic carbocycles. The van der Waals surface area contributed by atoms with Crippen molar-refractivity contribution in [1.29, 1.82) is 0 Å².